The highest BCUT2D eigenvalue weighted by Crippen LogP contribution is 2.25. The van der Waals surface area contributed by atoms with Gasteiger partial charge in [-0.3, -0.25) is 9.88 Å². The van der Waals surface area contributed by atoms with E-state index >= 15 is 0 Å². The third-order valence-corrected chi connectivity index (χ3v) is 4.10. The SMILES string of the molecule is COc1cccc(OCCN2CCC(c3ccccn3)C2)c1. The summed E-state index contributed by atoms with van der Waals surface area (Å²) in [6, 6.07) is 13.9. The van der Waals surface area contributed by atoms with E-state index in [4.69, 9.17) is 9.47 Å². The molecule has 0 spiro atoms. The molecule has 3 rings (SSSR count). The summed E-state index contributed by atoms with van der Waals surface area (Å²) in [6.07, 6.45) is 3.06. The summed E-state index contributed by atoms with van der Waals surface area (Å²) in [5.41, 5.74) is 1.21. The number of ether oxygens (including phenoxy) is 2. The zero-order valence-electron chi connectivity index (χ0n) is 12.9. The minimum Gasteiger partial charge on any atom is -0.497 e. The van der Waals surface area contributed by atoms with Gasteiger partial charge < -0.3 is 9.47 Å². The number of pyridine rings is 1. The number of methoxy groups -OCH3 is 1. The molecule has 1 aliphatic heterocycles. The van der Waals surface area contributed by atoms with Crippen molar-refractivity contribution in [3.05, 3.63) is 54.4 Å². The normalized spacial score (nSPS) is 18.3. The van der Waals surface area contributed by atoms with Crippen LogP contribution in [0.1, 0.15) is 18.0 Å². The van der Waals surface area contributed by atoms with Crippen LogP contribution in [0, 0.1) is 0 Å². The average Bonchev–Trinajstić information content (AvgIpc) is 3.05. The maximum atomic E-state index is 5.81. The molecule has 0 saturated carbocycles. The minimum absolute atomic E-state index is 0.554. The fourth-order valence-electron chi connectivity index (χ4n) is 2.88. The Morgan fingerprint density at radius 2 is 2.09 bits per heavy atom. The van der Waals surface area contributed by atoms with E-state index in [1.165, 1.54) is 12.1 Å². The number of hydrogen-bond donors (Lipinski definition) is 0. The first-order chi connectivity index (χ1) is 10.8. The molecule has 2 aromatic rings. The molecule has 1 fully saturated rings. The third-order valence-electron chi connectivity index (χ3n) is 4.10. The number of rotatable bonds is 6. The summed E-state index contributed by atoms with van der Waals surface area (Å²) in [5, 5.41) is 0. The summed E-state index contributed by atoms with van der Waals surface area (Å²) < 4.78 is 11.0. The van der Waals surface area contributed by atoms with Crippen molar-refractivity contribution in [1.29, 1.82) is 0 Å². The molecule has 1 aliphatic rings. The molecular formula is C18H22N2O2. The summed E-state index contributed by atoms with van der Waals surface area (Å²) in [5.74, 6) is 2.24. The van der Waals surface area contributed by atoms with Gasteiger partial charge in [0.25, 0.3) is 0 Å². The number of likely N-dealkylation sites (tertiary alicyclic amines) is 1. The van der Waals surface area contributed by atoms with Gasteiger partial charge in [-0.05, 0) is 37.2 Å². The van der Waals surface area contributed by atoms with E-state index in [-0.39, 0.29) is 0 Å². The second kappa shape index (κ2) is 7.27. The molecule has 1 aromatic carbocycles. The quantitative estimate of drug-likeness (QED) is 0.821. The van der Waals surface area contributed by atoms with Crippen molar-refractivity contribution >= 4 is 0 Å². The molecule has 0 amide bonds. The van der Waals surface area contributed by atoms with Crippen molar-refractivity contribution in [1.82, 2.24) is 9.88 Å². The van der Waals surface area contributed by atoms with Crippen LogP contribution >= 0.6 is 0 Å². The molecule has 22 heavy (non-hydrogen) atoms. The summed E-state index contributed by atoms with van der Waals surface area (Å²) in [6.45, 7) is 3.82. The van der Waals surface area contributed by atoms with E-state index in [0.717, 1.165) is 31.1 Å². The first-order valence-corrected chi connectivity index (χ1v) is 7.75. The lowest BCUT2D eigenvalue weighted by Gasteiger charge is -2.16. The van der Waals surface area contributed by atoms with Crippen molar-refractivity contribution in [3.63, 3.8) is 0 Å². The fraction of sp³-hybridized carbons (Fsp3) is 0.389. The second-order valence-electron chi connectivity index (χ2n) is 5.57. The second-order valence-corrected chi connectivity index (χ2v) is 5.57. The zero-order valence-corrected chi connectivity index (χ0v) is 12.9. The predicted molar refractivity (Wildman–Crippen MR) is 86.5 cm³/mol. The van der Waals surface area contributed by atoms with E-state index in [1.807, 2.05) is 36.5 Å². The van der Waals surface area contributed by atoms with Gasteiger partial charge in [-0.25, -0.2) is 0 Å². The van der Waals surface area contributed by atoms with Gasteiger partial charge in [-0.1, -0.05) is 12.1 Å². The number of nitrogens with zero attached hydrogens (tertiary/aromatic N) is 2. The zero-order chi connectivity index (χ0) is 15.2. The van der Waals surface area contributed by atoms with Crippen LogP contribution in [0.2, 0.25) is 0 Å². The molecule has 0 N–H and O–H groups in total. The Kier molecular flexibility index (Phi) is 4.91. The molecule has 4 nitrogen and oxygen atoms in total. The maximum Gasteiger partial charge on any atom is 0.123 e. The number of benzene rings is 1. The monoisotopic (exact) mass is 298 g/mol. The summed E-state index contributed by atoms with van der Waals surface area (Å²) >= 11 is 0. The number of hydrogen-bond acceptors (Lipinski definition) is 4. The van der Waals surface area contributed by atoms with Gasteiger partial charge in [-0.2, -0.15) is 0 Å². The Bertz CT molecular complexity index is 589. The van der Waals surface area contributed by atoms with Crippen LogP contribution in [-0.4, -0.2) is 43.2 Å². The lowest BCUT2D eigenvalue weighted by Crippen LogP contribution is -2.26. The standard InChI is InChI=1S/C18H22N2O2/c1-21-16-5-4-6-17(13-16)22-12-11-20-10-8-15(14-20)18-7-2-3-9-19-18/h2-7,9,13,15H,8,10-12,14H2,1H3. The lowest BCUT2D eigenvalue weighted by molar-refractivity contribution is 0.235. The van der Waals surface area contributed by atoms with Crippen LogP contribution in [0.5, 0.6) is 11.5 Å². The van der Waals surface area contributed by atoms with E-state index in [0.29, 0.717) is 12.5 Å². The Hall–Kier alpha value is -2.07. The fourth-order valence-corrected chi connectivity index (χ4v) is 2.88. The van der Waals surface area contributed by atoms with Crippen molar-refractivity contribution in [2.24, 2.45) is 0 Å². The highest BCUT2D eigenvalue weighted by Gasteiger charge is 2.24. The molecule has 1 unspecified atom stereocenters. The molecule has 0 radical (unpaired) electrons. The average molecular weight is 298 g/mol. The Morgan fingerprint density at radius 1 is 1.18 bits per heavy atom. The first kappa shape index (κ1) is 14.9. The molecule has 1 saturated heterocycles. The van der Waals surface area contributed by atoms with Crippen LogP contribution in [0.25, 0.3) is 0 Å². The molecule has 0 aliphatic carbocycles. The van der Waals surface area contributed by atoms with Crippen LogP contribution < -0.4 is 9.47 Å². The summed E-state index contributed by atoms with van der Waals surface area (Å²) in [7, 11) is 1.67. The van der Waals surface area contributed by atoms with Crippen LogP contribution in [0.3, 0.4) is 0 Å². The summed E-state index contributed by atoms with van der Waals surface area (Å²) in [4.78, 5) is 6.91. The molecule has 2 heterocycles. The molecule has 1 aromatic heterocycles. The van der Waals surface area contributed by atoms with E-state index in [9.17, 15) is 0 Å². The lowest BCUT2D eigenvalue weighted by atomic mass is 10.0. The molecular weight excluding hydrogens is 276 g/mol. The molecule has 116 valence electrons. The minimum atomic E-state index is 0.554. The van der Waals surface area contributed by atoms with Gasteiger partial charge in [0, 0.05) is 37.0 Å². The highest BCUT2D eigenvalue weighted by molar-refractivity contribution is 5.32. The van der Waals surface area contributed by atoms with Crippen molar-refractivity contribution in [3.8, 4) is 11.5 Å². The van der Waals surface area contributed by atoms with Crippen LogP contribution in [-0.2, 0) is 0 Å². The van der Waals surface area contributed by atoms with Crippen molar-refractivity contribution < 1.29 is 9.47 Å². The Morgan fingerprint density at radius 3 is 2.91 bits per heavy atom. The predicted octanol–water partition coefficient (Wildman–Crippen LogP) is 2.96. The highest BCUT2D eigenvalue weighted by atomic mass is 16.5. The van der Waals surface area contributed by atoms with Crippen LogP contribution in [0.4, 0.5) is 0 Å². The molecule has 1 atom stereocenters. The number of aromatic nitrogens is 1. The smallest absolute Gasteiger partial charge is 0.123 e. The topological polar surface area (TPSA) is 34.6 Å². The molecule has 4 heteroatoms. The van der Waals surface area contributed by atoms with E-state index in [1.54, 1.807) is 7.11 Å². The Labute approximate surface area is 131 Å². The molecule has 0 bridgehead atoms. The van der Waals surface area contributed by atoms with Crippen molar-refractivity contribution in [2.45, 2.75) is 12.3 Å². The first-order valence-electron chi connectivity index (χ1n) is 7.75. The third kappa shape index (κ3) is 3.77. The van der Waals surface area contributed by atoms with Crippen LogP contribution in [0.15, 0.2) is 48.7 Å². The van der Waals surface area contributed by atoms with Gasteiger partial charge in [0.2, 0.25) is 0 Å². The van der Waals surface area contributed by atoms with Gasteiger partial charge in [0.1, 0.15) is 18.1 Å². The van der Waals surface area contributed by atoms with Gasteiger partial charge in [-0.15, -0.1) is 0 Å². The van der Waals surface area contributed by atoms with Gasteiger partial charge in [0.05, 0.1) is 7.11 Å². The van der Waals surface area contributed by atoms with E-state index < -0.39 is 0 Å². The Balaban J connectivity index is 1.45. The maximum absolute atomic E-state index is 5.81. The van der Waals surface area contributed by atoms with Gasteiger partial charge >= 0.3 is 0 Å². The van der Waals surface area contributed by atoms with E-state index in [2.05, 4.69) is 22.0 Å². The van der Waals surface area contributed by atoms with Crippen molar-refractivity contribution in [2.75, 3.05) is 33.4 Å². The van der Waals surface area contributed by atoms with Gasteiger partial charge in [0.15, 0.2) is 0 Å². The largest absolute Gasteiger partial charge is 0.497 e.